The van der Waals surface area contributed by atoms with Gasteiger partial charge in [-0.15, -0.1) is 0 Å². The number of hydrogen-bond donors (Lipinski definition) is 0. The number of amides is 2. The highest BCUT2D eigenvalue weighted by Crippen LogP contribution is 2.34. The molecule has 1 saturated heterocycles. The third-order valence-electron chi connectivity index (χ3n) is 3.36. The van der Waals surface area contributed by atoms with Gasteiger partial charge in [-0.1, -0.05) is 24.0 Å². The highest BCUT2D eigenvalue weighted by atomic mass is 16.2. The van der Waals surface area contributed by atoms with E-state index in [4.69, 9.17) is 0 Å². The van der Waals surface area contributed by atoms with Crippen molar-refractivity contribution in [1.29, 1.82) is 0 Å². The molecule has 1 aliphatic heterocycles. The Kier molecular flexibility index (Phi) is 3.83. The number of nitrogens with zero attached hydrogens (tertiary/aromatic N) is 2. The molecule has 1 heterocycles. The van der Waals surface area contributed by atoms with Crippen LogP contribution in [0.4, 0.5) is 0 Å². The fraction of sp³-hybridized carbons (Fsp3) is 0.571. The summed E-state index contributed by atoms with van der Waals surface area (Å²) in [4.78, 5) is 27.4. The first-order chi connectivity index (χ1) is 8.61. The molecular formula is C14H18N2O2. The predicted octanol–water partition coefficient (Wildman–Crippen LogP) is 0.503. The van der Waals surface area contributed by atoms with E-state index in [-0.39, 0.29) is 30.2 Å². The van der Waals surface area contributed by atoms with E-state index in [2.05, 4.69) is 11.8 Å². The van der Waals surface area contributed by atoms with Gasteiger partial charge >= 0.3 is 0 Å². The highest BCUT2D eigenvalue weighted by molar-refractivity contribution is 6.05. The van der Waals surface area contributed by atoms with Gasteiger partial charge in [0.15, 0.2) is 0 Å². The molecule has 18 heavy (non-hydrogen) atoms. The summed E-state index contributed by atoms with van der Waals surface area (Å²) in [5, 5.41) is 0. The molecule has 96 valence electrons. The number of likely N-dealkylation sites (tertiary alicyclic amines) is 1. The summed E-state index contributed by atoms with van der Waals surface area (Å²) in [5.41, 5.74) is 0. The number of rotatable bonds is 2. The summed E-state index contributed by atoms with van der Waals surface area (Å²) in [6, 6.07) is 0. The van der Waals surface area contributed by atoms with Gasteiger partial charge in [0.1, 0.15) is 0 Å². The minimum Gasteiger partial charge on any atom is -0.299 e. The largest absolute Gasteiger partial charge is 0.299 e. The van der Waals surface area contributed by atoms with Crippen molar-refractivity contribution < 1.29 is 9.59 Å². The Hall–Kier alpha value is -1.60. The third kappa shape index (κ3) is 2.46. The highest BCUT2D eigenvalue weighted by Gasteiger charge is 2.46. The summed E-state index contributed by atoms with van der Waals surface area (Å²) >= 11 is 0. The second-order valence-electron chi connectivity index (χ2n) is 5.01. The lowest BCUT2D eigenvalue weighted by Gasteiger charge is -2.14. The first-order valence-electron chi connectivity index (χ1n) is 6.22. The lowest BCUT2D eigenvalue weighted by atomic mass is 9.85. The first-order valence-corrected chi connectivity index (χ1v) is 6.22. The van der Waals surface area contributed by atoms with Gasteiger partial charge in [0.2, 0.25) is 11.8 Å². The number of carbonyl (C=O) groups excluding carboxylic acids is 2. The van der Waals surface area contributed by atoms with Crippen LogP contribution in [0, 0.1) is 23.7 Å². The van der Waals surface area contributed by atoms with Gasteiger partial charge in [0.05, 0.1) is 24.9 Å². The fourth-order valence-electron chi connectivity index (χ4n) is 2.37. The Labute approximate surface area is 108 Å². The van der Waals surface area contributed by atoms with Gasteiger partial charge in [-0.3, -0.25) is 19.4 Å². The van der Waals surface area contributed by atoms with E-state index >= 15 is 0 Å². The lowest BCUT2D eigenvalue weighted by molar-refractivity contribution is -0.139. The van der Waals surface area contributed by atoms with Gasteiger partial charge in [-0.05, 0) is 26.9 Å². The Bertz CT molecular complexity index is 416. The molecule has 2 aliphatic rings. The van der Waals surface area contributed by atoms with Crippen LogP contribution in [0.15, 0.2) is 12.2 Å². The zero-order valence-electron chi connectivity index (χ0n) is 10.8. The van der Waals surface area contributed by atoms with E-state index in [1.54, 1.807) is 0 Å². The van der Waals surface area contributed by atoms with Gasteiger partial charge in [-0.2, -0.15) is 0 Å². The zero-order chi connectivity index (χ0) is 13.1. The van der Waals surface area contributed by atoms with Crippen molar-refractivity contribution in [1.82, 2.24) is 9.80 Å². The molecule has 4 heteroatoms. The van der Waals surface area contributed by atoms with Crippen molar-refractivity contribution >= 4 is 11.8 Å². The molecule has 0 unspecified atom stereocenters. The summed E-state index contributed by atoms with van der Waals surface area (Å²) in [5.74, 6) is 5.47. The molecule has 0 aromatic heterocycles. The second kappa shape index (κ2) is 5.36. The van der Waals surface area contributed by atoms with E-state index in [1.165, 1.54) is 4.90 Å². The van der Waals surface area contributed by atoms with Gasteiger partial charge in [0.25, 0.3) is 0 Å². The normalized spacial score (nSPS) is 26.3. The SMILES string of the molecule is CN(C)CC#CCN1C(=O)[C@@H]2CC=CC[C@H]2C1=O. The fourth-order valence-corrected chi connectivity index (χ4v) is 2.37. The van der Waals surface area contributed by atoms with E-state index in [0.29, 0.717) is 19.4 Å². The van der Waals surface area contributed by atoms with E-state index in [1.807, 2.05) is 31.1 Å². The molecule has 1 fully saturated rings. The van der Waals surface area contributed by atoms with Crippen LogP contribution >= 0.6 is 0 Å². The quantitative estimate of drug-likeness (QED) is 0.405. The topological polar surface area (TPSA) is 40.6 Å². The van der Waals surface area contributed by atoms with E-state index in [0.717, 1.165) is 0 Å². The molecular weight excluding hydrogens is 228 g/mol. The molecule has 0 radical (unpaired) electrons. The third-order valence-corrected chi connectivity index (χ3v) is 3.36. The van der Waals surface area contributed by atoms with Crippen LogP contribution in [0.3, 0.4) is 0 Å². The minimum atomic E-state index is -0.141. The average molecular weight is 246 g/mol. The molecule has 4 nitrogen and oxygen atoms in total. The Morgan fingerprint density at radius 1 is 1.17 bits per heavy atom. The number of hydrogen-bond acceptors (Lipinski definition) is 3. The molecule has 0 N–H and O–H groups in total. The maximum Gasteiger partial charge on any atom is 0.234 e. The summed E-state index contributed by atoms with van der Waals surface area (Å²) in [6.45, 7) is 0.878. The summed E-state index contributed by atoms with van der Waals surface area (Å²) in [6.07, 6.45) is 5.37. The molecule has 0 aromatic rings. The van der Waals surface area contributed by atoms with Crippen LogP contribution in [-0.4, -0.2) is 48.8 Å². The van der Waals surface area contributed by atoms with Crippen molar-refractivity contribution in [2.45, 2.75) is 12.8 Å². The molecule has 2 rings (SSSR count). The zero-order valence-corrected chi connectivity index (χ0v) is 10.8. The van der Waals surface area contributed by atoms with E-state index < -0.39 is 0 Å². The van der Waals surface area contributed by atoms with Crippen molar-refractivity contribution in [2.24, 2.45) is 11.8 Å². The van der Waals surface area contributed by atoms with Crippen LogP contribution in [0.5, 0.6) is 0 Å². The average Bonchev–Trinajstić information content (AvgIpc) is 2.59. The standard InChI is InChI=1S/C14H18N2O2/c1-15(2)9-5-6-10-16-13(17)11-7-3-4-8-12(11)14(16)18/h3-4,11-12H,7-10H2,1-2H3/t11-,12-/m1/s1. The second-order valence-corrected chi connectivity index (χ2v) is 5.01. The van der Waals surface area contributed by atoms with Crippen LogP contribution in [0.1, 0.15) is 12.8 Å². The molecule has 0 aromatic carbocycles. The van der Waals surface area contributed by atoms with Gasteiger partial charge in [0, 0.05) is 0 Å². The predicted molar refractivity (Wildman–Crippen MR) is 68.4 cm³/mol. The summed E-state index contributed by atoms with van der Waals surface area (Å²) in [7, 11) is 3.86. The maximum atomic E-state index is 12.1. The Morgan fingerprint density at radius 3 is 2.22 bits per heavy atom. The number of carbonyl (C=O) groups is 2. The molecule has 2 atom stereocenters. The van der Waals surface area contributed by atoms with Crippen molar-refractivity contribution in [2.75, 3.05) is 27.2 Å². The molecule has 0 saturated carbocycles. The van der Waals surface area contributed by atoms with Crippen molar-refractivity contribution in [3.05, 3.63) is 12.2 Å². The lowest BCUT2D eigenvalue weighted by Crippen LogP contribution is -2.31. The Morgan fingerprint density at radius 2 is 1.72 bits per heavy atom. The van der Waals surface area contributed by atoms with Gasteiger partial charge < -0.3 is 0 Å². The Balaban J connectivity index is 1.99. The number of allylic oxidation sites excluding steroid dienone is 2. The molecule has 1 aliphatic carbocycles. The monoisotopic (exact) mass is 246 g/mol. The first kappa shape index (κ1) is 12.8. The van der Waals surface area contributed by atoms with Crippen LogP contribution in [-0.2, 0) is 9.59 Å². The smallest absolute Gasteiger partial charge is 0.234 e. The molecule has 2 amide bonds. The number of fused-ring (bicyclic) bond motifs is 1. The summed E-state index contributed by atoms with van der Waals surface area (Å²) < 4.78 is 0. The van der Waals surface area contributed by atoms with E-state index in [9.17, 15) is 9.59 Å². The van der Waals surface area contributed by atoms with Gasteiger partial charge in [-0.25, -0.2) is 0 Å². The van der Waals surface area contributed by atoms with Crippen LogP contribution in [0.25, 0.3) is 0 Å². The minimum absolute atomic E-state index is 0.0477. The van der Waals surface area contributed by atoms with Crippen molar-refractivity contribution in [3.8, 4) is 11.8 Å². The molecule has 0 spiro atoms. The van der Waals surface area contributed by atoms with Crippen LogP contribution < -0.4 is 0 Å². The molecule has 0 bridgehead atoms. The van der Waals surface area contributed by atoms with Crippen LogP contribution in [0.2, 0.25) is 0 Å². The number of imide groups is 1. The van der Waals surface area contributed by atoms with Crippen molar-refractivity contribution in [3.63, 3.8) is 0 Å². The maximum absolute atomic E-state index is 12.1.